The topological polar surface area (TPSA) is 117 Å². The Hall–Kier alpha value is -2.92. The Bertz CT molecular complexity index is 1520. The molecule has 2 fully saturated rings. The first-order valence-electron chi connectivity index (χ1n) is 12.5. The van der Waals surface area contributed by atoms with Crippen LogP contribution in [0.15, 0.2) is 59.6 Å². The van der Waals surface area contributed by atoms with Crippen LogP contribution in [0.5, 0.6) is 0 Å². The number of nitrogens with one attached hydrogen (secondary N) is 1. The summed E-state index contributed by atoms with van der Waals surface area (Å²) in [6, 6.07) is 10.1. The first kappa shape index (κ1) is 27.6. The lowest BCUT2D eigenvalue weighted by atomic mass is 9.70. The lowest BCUT2D eigenvalue weighted by Crippen LogP contribution is -2.52. The monoisotopic (exact) mass is 576 g/mol. The van der Waals surface area contributed by atoms with Crippen molar-refractivity contribution in [3.63, 3.8) is 0 Å². The quantitative estimate of drug-likeness (QED) is 0.380. The van der Waals surface area contributed by atoms with E-state index in [4.69, 9.17) is 11.6 Å². The molecule has 3 N–H and O–H groups in total. The molecule has 1 amide bonds. The first-order chi connectivity index (χ1) is 18.4. The Morgan fingerprint density at radius 2 is 1.77 bits per heavy atom. The molecule has 0 saturated heterocycles. The molecule has 2 saturated carbocycles. The fraction of sp³-hybridized carbons (Fsp3) is 0.357. The van der Waals surface area contributed by atoms with Crippen LogP contribution in [-0.4, -0.2) is 40.4 Å². The summed E-state index contributed by atoms with van der Waals surface area (Å²) in [6.45, 7) is 1.87. The lowest BCUT2D eigenvalue weighted by molar-refractivity contribution is -0.145. The van der Waals surface area contributed by atoms with Crippen LogP contribution in [-0.2, 0) is 9.84 Å². The van der Waals surface area contributed by atoms with Crippen molar-refractivity contribution in [1.29, 1.82) is 0 Å². The zero-order valence-corrected chi connectivity index (χ0v) is 22.5. The molecular weight excluding hydrogens is 550 g/mol. The van der Waals surface area contributed by atoms with Gasteiger partial charge in [0.1, 0.15) is 11.7 Å². The fourth-order valence-corrected chi connectivity index (χ4v) is 8.34. The Balaban J connectivity index is 1.38. The van der Waals surface area contributed by atoms with Crippen molar-refractivity contribution in [2.75, 3.05) is 5.32 Å². The Morgan fingerprint density at radius 1 is 1.08 bits per heavy atom. The number of sulfone groups is 1. The third-order valence-corrected chi connectivity index (χ3v) is 10.7. The second-order valence-electron chi connectivity index (χ2n) is 10.4. The molecule has 2 aliphatic carbocycles. The van der Waals surface area contributed by atoms with Gasteiger partial charge in [-0.1, -0.05) is 17.7 Å². The molecular formula is C28H27ClF2N2O5S. The van der Waals surface area contributed by atoms with Gasteiger partial charge in [0.15, 0.2) is 21.5 Å². The van der Waals surface area contributed by atoms with Crippen molar-refractivity contribution in [3.8, 4) is 0 Å². The van der Waals surface area contributed by atoms with Crippen molar-refractivity contribution in [1.82, 2.24) is 4.98 Å². The van der Waals surface area contributed by atoms with Crippen LogP contribution < -0.4 is 5.32 Å². The fourth-order valence-electron chi connectivity index (χ4n) is 5.94. The summed E-state index contributed by atoms with van der Waals surface area (Å²) in [5, 5.41) is 24.2. The van der Waals surface area contributed by atoms with E-state index in [1.165, 1.54) is 24.3 Å². The van der Waals surface area contributed by atoms with E-state index in [1.54, 1.807) is 18.3 Å². The summed E-state index contributed by atoms with van der Waals surface area (Å²) in [4.78, 5) is 16.8. The van der Waals surface area contributed by atoms with Gasteiger partial charge in [-0.05, 0) is 86.4 Å². The van der Waals surface area contributed by atoms with Crippen LogP contribution in [0.25, 0.3) is 0 Å². The third-order valence-electron chi connectivity index (χ3n) is 8.04. The molecule has 5 atom stereocenters. The van der Waals surface area contributed by atoms with Gasteiger partial charge >= 0.3 is 0 Å². The highest BCUT2D eigenvalue weighted by Gasteiger charge is 2.59. The summed E-state index contributed by atoms with van der Waals surface area (Å²) in [7, 11) is -4.04. The van der Waals surface area contributed by atoms with Gasteiger partial charge < -0.3 is 15.5 Å². The van der Waals surface area contributed by atoms with E-state index in [1.807, 2.05) is 6.92 Å². The molecule has 11 heteroatoms. The van der Waals surface area contributed by atoms with Crippen molar-refractivity contribution in [2.45, 2.75) is 54.5 Å². The molecule has 39 heavy (non-hydrogen) atoms. The van der Waals surface area contributed by atoms with Gasteiger partial charge in [0.25, 0.3) is 5.91 Å². The number of aryl methyl sites for hydroxylation is 1. The third kappa shape index (κ3) is 4.95. The van der Waals surface area contributed by atoms with Crippen LogP contribution in [0.1, 0.15) is 53.4 Å². The molecule has 2 aliphatic rings. The number of halogens is 3. The van der Waals surface area contributed by atoms with E-state index in [0.717, 1.165) is 17.7 Å². The molecule has 1 heterocycles. The number of carbonyl (C=O) groups is 1. The maximum Gasteiger partial charge on any atom is 0.255 e. The Morgan fingerprint density at radius 3 is 2.38 bits per heavy atom. The zero-order chi connectivity index (χ0) is 28.1. The number of rotatable bonds is 6. The highest BCUT2D eigenvalue weighted by atomic mass is 35.5. The van der Waals surface area contributed by atoms with E-state index in [2.05, 4.69) is 10.3 Å². The van der Waals surface area contributed by atoms with Crippen molar-refractivity contribution >= 4 is 33.0 Å². The van der Waals surface area contributed by atoms with Crippen LogP contribution in [0, 0.1) is 30.4 Å². The van der Waals surface area contributed by atoms with E-state index in [-0.39, 0.29) is 34.0 Å². The minimum atomic E-state index is -4.04. The van der Waals surface area contributed by atoms with Gasteiger partial charge in [-0.3, -0.25) is 9.78 Å². The molecule has 0 spiro atoms. The van der Waals surface area contributed by atoms with E-state index >= 15 is 0 Å². The number of aromatic nitrogens is 1. The van der Waals surface area contributed by atoms with Crippen LogP contribution >= 0.6 is 11.6 Å². The Labute approximate surface area is 229 Å². The molecule has 206 valence electrons. The normalized spacial score (nSPS) is 25.3. The summed E-state index contributed by atoms with van der Waals surface area (Å²) >= 11 is 6.29. The predicted octanol–water partition coefficient (Wildman–Crippen LogP) is 5.00. The SMILES string of the molecule is Cc1ccc(C(O)C2(O)C3CC[C@H]2CC(S(=O)(=O)c2cc(C(=O)Nc4ccc(F)c(F)c4)ccc2Cl)C3)nc1. The number of benzene rings is 2. The van der Waals surface area contributed by atoms with E-state index in [0.29, 0.717) is 18.5 Å². The van der Waals surface area contributed by atoms with Gasteiger partial charge in [0.2, 0.25) is 0 Å². The number of aliphatic hydroxyl groups is 2. The lowest BCUT2D eigenvalue weighted by Gasteiger charge is -2.45. The van der Waals surface area contributed by atoms with Crippen LogP contribution in [0.4, 0.5) is 14.5 Å². The van der Waals surface area contributed by atoms with Gasteiger partial charge in [0, 0.05) is 23.5 Å². The minimum absolute atomic E-state index is 0.00280. The number of carbonyl (C=O) groups excluding carboxylic acids is 1. The van der Waals surface area contributed by atoms with Gasteiger partial charge in [0.05, 0.1) is 20.9 Å². The summed E-state index contributed by atoms with van der Waals surface area (Å²) in [5.74, 6) is -3.88. The number of amides is 1. The molecule has 2 bridgehead atoms. The molecule has 0 radical (unpaired) electrons. The number of hydrogen-bond acceptors (Lipinski definition) is 6. The second-order valence-corrected chi connectivity index (χ2v) is 13.0. The molecule has 4 unspecified atom stereocenters. The molecule has 7 nitrogen and oxygen atoms in total. The summed E-state index contributed by atoms with van der Waals surface area (Å²) in [5.41, 5.74) is -0.288. The highest BCUT2D eigenvalue weighted by molar-refractivity contribution is 7.92. The molecule has 1 aromatic heterocycles. The van der Waals surface area contributed by atoms with Crippen molar-refractivity contribution in [3.05, 3.63) is 88.2 Å². The first-order valence-corrected chi connectivity index (χ1v) is 14.5. The van der Waals surface area contributed by atoms with Gasteiger partial charge in [-0.2, -0.15) is 0 Å². The van der Waals surface area contributed by atoms with Gasteiger partial charge in [-0.25, -0.2) is 17.2 Å². The standard InChI is InChI=1S/C28H27ClF2N2O5S/c1-15-2-9-24(32-14-15)26(34)28(36)17-4-5-18(28)12-20(11-17)39(37,38)25-10-16(3-7-21(25)29)27(35)33-19-6-8-22(30)23(31)13-19/h2-3,6-10,13-14,17-18,20,26,34,36H,4-5,11-12H2,1H3,(H,33,35)/t17-,18?,20?,26?,28?/m0/s1. The Kier molecular flexibility index (Phi) is 7.26. The average Bonchev–Trinajstić information content (AvgIpc) is 3.06. The average molecular weight is 577 g/mol. The minimum Gasteiger partial charge on any atom is -0.386 e. The number of nitrogens with zero attached hydrogens (tertiary/aromatic N) is 1. The molecule has 3 aromatic rings. The number of pyridine rings is 1. The number of fused-ring (bicyclic) bond motifs is 2. The second kappa shape index (κ2) is 10.2. The summed E-state index contributed by atoms with van der Waals surface area (Å²) < 4.78 is 54.3. The smallest absolute Gasteiger partial charge is 0.255 e. The van der Waals surface area contributed by atoms with Crippen LogP contribution in [0.3, 0.4) is 0 Å². The zero-order valence-electron chi connectivity index (χ0n) is 20.9. The maximum atomic E-state index is 13.8. The largest absolute Gasteiger partial charge is 0.386 e. The van der Waals surface area contributed by atoms with Gasteiger partial charge in [-0.15, -0.1) is 0 Å². The number of aliphatic hydroxyl groups excluding tert-OH is 1. The predicted molar refractivity (Wildman–Crippen MR) is 141 cm³/mol. The summed E-state index contributed by atoms with van der Waals surface area (Å²) in [6.07, 6.45) is 1.68. The van der Waals surface area contributed by atoms with E-state index < -0.39 is 56.2 Å². The molecule has 0 aliphatic heterocycles. The van der Waals surface area contributed by atoms with E-state index in [9.17, 15) is 32.2 Å². The molecule has 2 aromatic carbocycles. The highest BCUT2D eigenvalue weighted by Crippen LogP contribution is 2.56. The number of anilines is 1. The van der Waals surface area contributed by atoms with Crippen LogP contribution in [0.2, 0.25) is 5.02 Å². The maximum absolute atomic E-state index is 13.8. The van der Waals surface area contributed by atoms with Crippen molar-refractivity contribution in [2.24, 2.45) is 11.8 Å². The number of hydrogen-bond donors (Lipinski definition) is 3. The van der Waals surface area contributed by atoms with Crippen molar-refractivity contribution < 1.29 is 32.2 Å². The molecule has 5 rings (SSSR count).